The molecule has 5 heteroatoms. The zero-order valence-electron chi connectivity index (χ0n) is 13.5. The van der Waals surface area contributed by atoms with Gasteiger partial charge in [0, 0.05) is 19.6 Å². The Morgan fingerprint density at radius 2 is 1.83 bits per heavy atom. The number of alkyl halides is 1. The number of hydrogen-bond donors (Lipinski definition) is 1. The van der Waals surface area contributed by atoms with Gasteiger partial charge in [-0.25, -0.2) is 8.78 Å². The molecular formula is C18H26F2N2O. The Hall–Kier alpha value is -1.04. The molecule has 0 aromatic heterocycles. The molecule has 0 saturated carbocycles. The minimum absolute atomic E-state index is 0.182. The van der Waals surface area contributed by atoms with E-state index >= 15 is 0 Å². The Kier molecular flexibility index (Phi) is 5.62. The zero-order chi connectivity index (χ0) is 16.2. The fourth-order valence-corrected chi connectivity index (χ4v) is 3.62. The summed E-state index contributed by atoms with van der Waals surface area (Å²) in [5.41, 5.74) is 7.12. The van der Waals surface area contributed by atoms with Crippen LogP contribution >= 0.6 is 0 Å². The standard InChI is InChI=1S/C18H26F2N2O/c19-15-3-1-13(2-4-15)11-14-5-8-22(9-6-14)12-17-18(21)16(20)7-10-23-17/h1-4,14,16-18H,5-12,21H2/t16-,17-,18-/m1/s1. The van der Waals surface area contributed by atoms with Crippen molar-refractivity contribution in [3.63, 3.8) is 0 Å². The number of benzene rings is 1. The molecule has 1 aromatic rings. The molecule has 2 aliphatic heterocycles. The van der Waals surface area contributed by atoms with Crippen molar-refractivity contribution in [3.8, 4) is 0 Å². The van der Waals surface area contributed by atoms with Gasteiger partial charge in [0.15, 0.2) is 0 Å². The van der Waals surface area contributed by atoms with Crippen molar-refractivity contribution in [1.29, 1.82) is 0 Å². The van der Waals surface area contributed by atoms with Crippen LogP contribution in [0.5, 0.6) is 0 Å². The minimum Gasteiger partial charge on any atom is -0.375 e. The van der Waals surface area contributed by atoms with Crippen LogP contribution in [0, 0.1) is 11.7 Å². The van der Waals surface area contributed by atoms with Gasteiger partial charge in [-0.3, -0.25) is 0 Å². The molecule has 0 bridgehead atoms. The third-order valence-electron chi connectivity index (χ3n) is 5.16. The van der Waals surface area contributed by atoms with Gasteiger partial charge in [0.25, 0.3) is 0 Å². The van der Waals surface area contributed by atoms with Crippen LogP contribution in [-0.2, 0) is 11.2 Å². The lowest BCUT2D eigenvalue weighted by molar-refractivity contribution is -0.0525. The van der Waals surface area contributed by atoms with E-state index in [1.165, 1.54) is 17.7 Å². The average Bonchev–Trinajstić information content (AvgIpc) is 2.56. The topological polar surface area (TPSA) is 38.5 Å². The Bertz CT molecular complexity index is 488. The van der Waals surface area contributed by atoms with Crippen LogP contribution in [0.25, 0.3) is 0 Å². The van der Waals surface area contributed by atoms with E-state index in [-0.39, 0.29) is 11.9 Å². The minimum atomic E-state index is -0.940. The summed E-state index contributed by atoms with van der Waals surface area (Å²) in [6, 6.07) is 6.30. The summed E-state index contributed by atoms with van der Waals surface area (Å²) < 4.78 is 32.3. The Morgan fingerprint density at radius 3 is 2.52 bits per heavy atom. The van der Waals surface area contributed by atoms with Crippen molar-refractivity contribution in [2.75, 3.05) is 26.2 Å². The molecule has 3 rings (SSSR count). The van der Waals surface area contributed by atoms with Gasteiger partial charge in [-0.2, -0.15) is 0 Å². The quantitative estimate of drug-likeness (QED) is 0.925. The van der Waals surface area contributed by atoms with Crippen molar-refractivity contribution in [2.24, 2.45) is 11.7 Å². The third-order valence-corrected chi connectivity index (χ3v) is 5.16. The van der Waals surface area contributed by atoms with Gasteiger partial charge >= 0.3 is 0 Å². The Morgan fingerprint density at radius 1 is 1.13 bits per heavy atom. The number of nitrogens with zero attached hydrogens (tertiary/aromatic N) is 1. The van der Waals surface area contributed by atoms with Crippen LogP contribution in [0.4, 0.5) is 8.78 Å². The van der Waals surface area contributed by atoms with Crippen LogP contribution in [0.3, 0.4) is 0 Å². The molecule has 2 saturated heterocycles. The summed E-state index contributed by atoms with van der Waals surface area (Å²) in [4.78, 5) is 2.34. The van der Waals surface area contributed by atoms with Gasteiger partial charge in [0.05, 0.1) is 12.1 Å². The van der Waals surface area contributed by atoms with Crippen molar-refractivity contribution in [2.45, 2.75) is 44.0 Å². The fourth-order valence-electron chi connectivity index (χ4n) is 3.62. The molecule has 128 valence electrons. The van der Waals surface area contributed by atoms with Gasteiger partial charge in [-0.15, -0.1) is 0 Å². The summed E-state index contributed by atoms with van der Waals surface area (Å²) in [7, 11) is 0. The average molecular weight is 324 g/mol. The van der Waals surface area contributed by atoms with E-state index in [1.807, 2.05) is 12.1 Å². The molecule has 0 aliphatic carbocycles. The predicted molar refractivity (Wildman–Crippen MR) is 86.5 cm³/mol. The van der Waals surface area contributed by atoms with E-state index in [4.69, 9.17) is 10.5 Å². The summed E-state index contributed by atoms with van der Waals surface area (Å²) >= 11 is 0. The lowest BCUT2D eigenvalue weighted by atomic mass is 9.89. The fraction of sp³-hybridized carbons (Fsp3) is 0.667. The first-order valence-electron chi connectivity index (χ1n) is 8.60. The number of ether oxygens (including phenoxy) is 1. The highest BCUT2D eigenvalue weighted by molar-refractivity contribution is 5.16. The highest BCUT2D eigenvalue weighted by atomic mass is 19.1. The van der Waals surface area contributed by atoms with Crippen LogP contribution in [0.2, 0.25) is 0 Å². The second-order valence-corrected chi connectivity index (χ2v) is 6.87. The zero-order valence-corrected chi connectivity index (χ0v) is 13.5. The highest BCUT2D eigenvalue weighted by Crippen LogP contribution is 2.24. The molecule has 3 nitrogen and oxygen atoms in total. The van der Waals surface area contributed by atoms with Crippen molar-refractivity contribution in [1.82, 2.24) is 4.90 Å². The van der Waals surface area contributed by atoms with E-state index in [9.17, 15) is 8.78 Å². The summed E-state index contributed by atoms with van der Waals surface area (Å²) in [5.74, 6) is 0.449. The number of halogens is 2. The summed E-state index contributed by atoms with van der Waals surface area (Å²) in [5, 5.41) is 0. The van der Waals surface area contributed by atoms with Crippen molar-refractivity contribution in [3.05, 3.63) is 35.6 Å². The number of rotatable bonds is 4. The third kappa shape index (κ3) is 4.49. The lowest BCUT2D eigenvalue weighted by Crippen LogP contribution is -2.54. The van der Waals surface area contributed by atoms with Crippen molar-refractivity contribution >= 4 is 0 Å². The van der Waals surface area contributed by atoms with Crippen LogP contribution in [-0.4, -0.2) is 49.5 Å². The van der Waals surface area contributed by atoms with E-state index in [1.54, 1.807) is 0 Å². The second-order valence-electron chi connectivity index (χ2n) is 6.87. The molecule has 2 heterocycles. The number of likely N-dealkylation sites (tertiary alicyclic amines) is 1. The van der Waals surface area contributed by atoms with E-state index in [0.717, 1.165) is 38.9 Å². The first-order valence-corrected chi connectivity index (χ1v) is 8.60. The summed E-state index contributed by atoms with van der Waals surface area (Å²) in [6.07, 6.45) is 2.51. The molecule has 23 heavy (non-hydrogen) atoms. The molecule has 0 amide bonds. The molecule has 3 atom stereocenters. The van der Waals surface area contributed by atoms with Crippen molar-refractivity contribution < 1.29 is 13.5 Å². The maximum Gasteiger partial charge on any atom is 0.123 e. The van der Waals surface area contributed by atoms with Gasteiger partial charge in [-0.05, 0) is 56.0 Å². The highest BCUT2D eigenvalue weighted by Gasteiger charge is 2.33. The summed E-state index contributed by atoms with van der Waals surface area (Å²) in [6.45, 7) is 3.19. The van der Waals surface area contributed by atoms with Gasteiger partial charge in [-0.1, -0.05) is 12.1 Å². The maximum absolute atomic E-state index is 13.7. The molecule has 0 spiro atoms. The molecular weight excluding hydrogens is 298 g/mol. The Balaban J connectivity index is 1.44. The predicted octanol–water partition coefficient (Wildman–Crippen LogP) is 2.53. The van der Waals surface area contributed by atoms with E-state index < -0.39 is 12.2 Å². The first kappa shape index (κ1) is 16.8. The molecule has 2 N–H and O–H groups in total. The molecule has 0 unspecified atom stereocenters. The van der Waals surface area contributed by atoms with Crippen LogP contribution < -0.4 is 5.73 Å². The second kappa shape index (κ2) is 7.69. The smallest absolute Gasteiger partial charge is 0.123 e. The van der Waals surface area contributed by atoms with Crippen LogP contribution in [0.15, 0.2) is 24.3 Å². The SMILES string of the molecule is N[C@@H]1[C@H](F)CCO[C@@H]1CN1CCC(Cc2ccc(F)cc2)CC1. The number of piperidine rings is 1. The Labute approximate surface area is 136 Å². The monoisotopic (exact) mass is 324 g/mol. The van der Waals surface area contributed by atoms with Crippen LogP contribution in [0.1, 0.15) is 24.8 Å². The maximum atomic E-state index is 13.7. The number of nitrogens with two attached hydrogens (primary N) is 1. The van der Waals surface area contributed by atoms with E-state index in [0.29, 0.717) is 18.9 Å². The van der Waals surface area contributed by atoms with Gasteiger partial charge in [0.2, 0.25) is 0 Å². The largest absolute Gasteiger partial charge is 0.375 e. The lowest BCUT2D eigenvalue weighted by Gasteiger charge is -2.38. The van der Waals surface area contributed by atoms with Gasteiger partial charge in [0.1, 0.15) is 12.0 Å². The molecule has 2 aliphatic rings. The van der Waals surface area contributed by atoms with E-state index in [2.05, 4.69) is 4.90 Å². The van der Waals surface area contributed by atoms with Gasteiger partial charge < -0.3 is 15.4 Å². The molecule has 1 aromatic carbocycles. The number of hydrogen-bond acceptors (Lipinski definition) is 3. The first-order chi connectivity index (χ1) is 11.1. The normalized spacial score (nSPS) is 30.5. The molecule has 2 fully saturated rings. The molecule has 0 radical (unpaired) electrons.